The molecule has 1 unspecified atom stereocenters. The van der Waals surface area contributed by atoms with Gasteiger partial charge in [-0.15, -0.1) is 0 Å². The van der Waals surface area contributed by atoms with E-state index >= 15 is 0 Å². The Morgan fingerprint density at radius 3 is 2.43 bits per heavy atom. The van der Waals surface area contributed by atoms with Crippen LogP contribution in [0, 0.1) is 0 Å². The SMILES string of the molecule is C/C=C/C=C/C(=O)Nc1ccc(C(=O)NC(C)CC)cc1. The summed E-state index contributed by atoms with van der Waals surface area (Å²) in [6.45, 7) is 5.86. The first-order chi connectivity index (χ1) is 10.1. The summed E-state index contributed by atoms with van der Waals surface area (Å²) in [5.41, 5.74) is 1.24. The molecular weight excluding hydrogens is 264 g/mol. The van der Waals surface area contributed by atoms with Gasteiger partial charge in [0, 0.05) is 23.4 Å². The van der Waals surface area contributed by atoms with Crippen LogP contribution < -0.4 is 10.6 Å². The molecule has 2 amide bonds. The van der Waals surface area contributed by atoms with Gasteiger partial charge in [0.1, 0.15) is 0 Å². The molecule has 4 heteroatoms. The molecule has 0 heterocycles. The molecule has 1 aromatic rings. The van der Waals surface area contributed by atoms with Crippen molar-refractivity contribution in [2.75, 3.05) is 5.32 Å². The van der Waals surface area contributed by atoms with Gasteiger partial charge in [0.25, 0.3) is 5.91 Å². The standard InChI is InChI=1S/C17H22N2O2/c1-4-6-7-8-16(20)19-15-11-9-14(10-12-15)17(21)18-13(3)5-2/h4,6-13H,5H2,1-3H3,(H,18,21)(H,19,20)/b6-4+,8-7+. The van der Waals surface area contributed by atoms with Crippen molar-refractivity contribution in [3.05, 3.63) is 54.1 Å². The van der Waals surface area contributed by atoms with E-state index in [2.05, 4.69) is 10.6 Å². The van der Waals surface area contributed by atoms with Crippen molar-refractivity contribution in [2.45, 2.75) is 33.2 Å². The van der Waals surface area contributed by atoms with E-state index in [1.807, 2.05) is 26.8 Å². The van der Waals surface area contributed by atoms with Gasteiger partial charge in [-0.05, 0) is 44.5 Å². The van der Waals surface area contributed by atoms with Crippen molar-refractivity contribution in [1.29, 1.82) is 0 Å². The fraction of sp³-hybridized carbons (Fsp3) is 0.294. The predicted octanol–water partition coefficient (Wildman–Crippen LogP) is 3.29. The van der Waals surface area contributed by atoms with E-state index in [9.17, 15) is 9.59 Å². The average molecular weight is 286 g/mol. The zero-order valence-corrected chi connectivity index (χ0v) is 12.7. The molecule has 2 N–H and O–H groups in total. The van der Waals surface area contributed by atoms with Crippen molar-refractivity contribution in [2.24, 2.45) is 0 Å². The molecule has 0 aliphatic heterocycles. The first-order valence-corrected chi connectivity index (χ1v) is 7.08. The maximum Gasteiger partial charge on any atom is 0.251 e. The van der Waals surface area contributed by atoms with Crippen LogP contribution in [0.2, 0.25) is 0 Å². The first kappa shape index (κ1) is 16.7. The molecule has 0 saturated heterocycles. The lowest BCUT2D eigenvalue weighted by Crippen LogP contribution is -2.31. The average Bonchev–Trinajstić information content (AvgIpc) is 2.48. The lowest BCUT2D eigenvalue weighted by Gasteiger charge is -2.11. The zero-order valence-electron chi connectivity index (χ0n) is 12.7. The fourth-order valence-electron chi connectivity index (χ4n) is 1.55. The van der Waals surface area contributed by atoms with Gasteiger partial charge >= 0.3 is 0 Å². The second-order valence-electron chi connectivity index (χ2n) is 4.73. The fourth-order valence-corrected chi connectivity index (χ4v) is 1.55. The predicted molar refractivity (Wildman–Crippen MR) is 86.2 cm³/mol. The maximum atomic E-state index is 11.9. The number of anilines is 1. The summed E-state index contributed by atoms with van der Waals surface area (Å²) >= 11 is 0. The number of amides is 2. The number of hydrogen-bond donors (Lipinski definition) is 2. The highest BCUT2D eigenvalue weighted by atomic mass is 16.2. The topological polar surface area (TPSA) is 58.2 Å². The molecule has 0 bridgehead atoms. The number of hydrogen-bond acceptors (Lipinski definition) is 2. The third-order valence-corrected chi connectivity index (χ3v) is 2.96. The van der Waals surface area contributed by atoms with Crippen LogP contribution in [-0.4, -0.2) is 17.9 Å². The van der Waals surface area contributed by atoms with Crippen LogP contribution in [-0.2, 0) is 4.79 Å². The Morgan fingerprint density at radius 1 is 1.19 bits per heavy atom. The molecule has 0 aromatic heterocycles. The molecule has 1 aromatic carbocycles. The second kappa shape index (κ2) is 8.74. The van der Waals surface area contributed by atoms with Crippen molar-refractivity contribution in [3.8, 4) is 0 Å². The molecule has 1 rings (SSSR count). The van der Waals surface area contributed by atoms with Gasteiger partial charge in [0.05, 0.1) is 0 Å². The molecule has 112 valence electrons. The number of allylic oxidation sites excluding steroid dienone is 3. The Balaban J connectivity index is 2.61. The number of nitrogens with one attached hydrogen (secondary N) is 2. The van der Waals surface area contributed by atoms with E-state index in [4.69, 9.17) is 0 Å². The Bertz CT molecular complexity index is 530. The molecule has 0 aliphatic carbocycles. The highest BCUT2D eigenvalue weighted by Crippen LogP contribution is 2.10. The Morgan fingerprint density at radius 2 is 1.86 bits per heavy atom. The number of carbonyl (C=O) groups excluding carboxylic acids is 2. The van der Waals surface area contributed by atoms with E-state index < -0.39 is 0 Å². The molecule has 0 radical (unpaired) electrons. The normalized spacial score (nSPS) is 12.5. The summed E-state index contributed by atoms with van der Waals surface area (Å²) in [6, 6.07) is 6.97. The Labute approximate surface area is 125 Å². The molecule has 21 heavy (non-hydrogen) atoms. The minimum absolute atomic E-state index is 0.102. The summed E-state index contributed by atoms with van der Waals surface area (Å²) in [6.07, 6.45) is 7.63. The highest BCUT2D eigenvalue weighted by molar-refractivity contribution is 6.00. The van der Waals surface area contributed by atoms with E-state index in [1.54, 1.807) is 36.4 Å². The monoisotopic (exact) mass is 286 g/mol. The van der Waals surface area contributed by atoms with Crippen LogP contribution in [0.15, 0.2) is 48.6 Å². The van der Waals surface area contributed by atoms with Crippen molar-refractivity contribution in [1.82, 2.24) is 5.32 Å². The summed E-state index contributed by atoms with van der Waals surface area (Å²) in [7, 11) is 0. The smallest absolute Gasteiger partial charge is 0.251 e. The lowest BCUT2D eigenvalue weighted by atomic mass is 10.1. The zero-order chi connectivity index (χ0) is 15.7. The molecule has 0 fully saturated rings. The summed E-state index contributed by atoms with van der Waals surface area (Å²) in [4.78, 5) is 23.5. The van der Waals surface area contributed by atoms with E-state index in [0.29, 0.717) is 11.3 Å². The van der Waals surface area contributed by atoms with Gasteiger partial charge in [-0.2, -0.15) is 0 Å². The van der Waals surface area contributed by atoms with Crippen LogP contribution in [0.5, 0.6) is 0 Å². The van der Waals surface area contributed by atoms with Gasteiger partial charge in [0.15, 0.2) is 0 Å². The third-order valence-electron chi connectivity index (χ3n) is 2.96. The molecule has 0 spiro atoms. The maximum absolute atomic E-state index is 11.9. The van der Waals surface area contributed by atoms with Crippen LogP contribution in [0.3, 0.4) is 0 Å². The summed E-state index contributed by atoms with van der Waals surface area (Å²) in [5.74, 6) is -0.305. The highest BCUT2D eigenvalue weighted by Gasteiger charge is 2.08. The number of carbonyl (C=O) groups is 2. The van der Waals surface area contributed by atoms with Crippen LogP contribution in [0.25, 0.3) is 0 Å². The molecule has 0 aliphatic rings. The molecular formula is C17H22N2O2. The van der Waals surface area contributed by atoms with Gasteiger partial charge in [-0.1, -0.05) is 25.2 Å². The first-order valence-electron chi connectivity index (χ1n) is 7.08. The minimum atomic E-state index is -0.204. The van der Waals surface area contributed by atoms with Crippen molar-refractivity contribution in [3.63, 3.8) is 0 Å². The summed E-state index contributed by atoms with van der Waals surface area (Å²) < 4.78 is 0. The largest absolute Gasteiger partial charge is 0.350 e. The van der Waals surface area contributed by atoms with E-state index in [-0.39, 0.29) is 17.9 Å². The Hall–Kier alpha value is -2.36. The molecule has 4 nitrogen and oxygen atoms in total. The van der Waals surface area contributed by atoms with Gasteiger partial charge in [-0.3, -0.25) is 9.59 Å². The second-order valence-corrected chi connectivity index (χ2v) is 4.73. The molecule has 0 saturated carbocycles. The van der Waals surface area contributed by atoms with Crippen LogP contribution >= 0.6 is 0 Å². The number of rotatable bonds is 6. The van der Waals surface area contributed by atoms with Gasteiger partial charge < -0.3 is 10.6 Å². The lowest BCUT2D eigenvalue weighted by molar-refractivity contribution is -0.111. The summed E-state index contributed by atoms with van der Waals surface area (Å²) in [5, 5.41) is 5.62. The van der Waals surface area contributed by atoms with Gasteiger partial charge in [-0.25, -0.2) is 0 Å². The van der Waals surface area contributed by atoms with Crippen molar-refractivity contribution < 1.29 is 9.59 Å². The van der Waals surface area contributed by atoms with Crippen LogP contribution in [0.1, 0.15) is 37.6 Å². The van der Waals surface area contributed by atoms with E-state index in [1.165, 1.54) is 6.08 Å². The quantitative estimate of drug-likeness (QED) is 0.623. The van der Waals surface area contributed by atoms with Gasteiger partial charge in [0.2, 0.25) is 5.91 Å². The van der Waals surface area contributed by atoms with E-state index in [0.717, 1.165) is 6.42 Å². The number of benzene rings is 1. The Kier molecular flexibility index (Phi) is 6.95. The third kappa shape index (κ3) is 6.08. The van der Waals surface area contributed by atoms with Crippen molar-refractivity contribution >= 4 is 17.5 Å². The van der Waals surface area contributed by atoms with Crippen LogP contribution in [0.4, 0.5) is 5.69 Å². The molecule has 1 atom stereocenters. The minimum Gasteiger partial charge on any atom is -0.350 e.